The van der Waals surface area contributed by atoms with E-state index in [0.29, 0.717) is 12.2 Å². The number of benzene rings is 1. The van der Waals surface area contributed by atoms with Crippen molar-refractivity contribution in [2.45, 2.75) is 18.9 Å². The van der Waals surface area contributed by atoms with E-state index in [0.717, 1.165) is 31.0 Å². The highest BCUT2D eigenvalue weighted by Gasteiger charge is 2.23. The van der Waals surface area contributed by atoms with Gasteiger partial charge in [0.05, 0.1) is 5.69 Å². The summed E-state index contributed by atoms with van der Waals surface area (Å²) in [6, 6.07) is 8.84. The van der Waals surface area contributed by atoms with Crippen molar-refractivity contribution in [2.75, 3.05) is 42.3 Å². The van der Waals surface area contributed by atoms with Crippen LogP contribution in [0.4, 0.5) is 21.7 Å². The summed E-state index contributed by atoms with van der Waals surface area (Å²) in [4.78, 5) is 12.5. The Hall–Kier alpha value is -2.88. The van der Waals surface area contributed by atoms with Crippen molar-refractivity contribution < 1.29 is 4.39 Å². The van der Waals surface area contributed by atoms with E-state index in [1.807, 2.05) is 31.1 Å². The molecule has 25 heavy (non-hydrogen) atoms. The third-order valence-corrected chi connectivity index (χ3v) is 4.33. The molecule has 2 heterocycles. The van der Waals surface area contributed by atoms with Crippen molar-refractivity contribution >= 4 is 17.3 Å². The van der Waals surface area contributed by atoms with Gasteiger partial charge in [-0.1, -0.05) is 6.07 Å². The Morgan fingerprint density at radius 2 is 2.20 bits per heavy atom. The second kappa shape index (κ2) is 7.34. The van der Waals surface area contributed by atoms with Crippen LogP contribution in [0, 0.1) is 17.1 Å². The largest absolute Gasteiger partial charge is 0.368 e. The van der Waals surface area contributed by atoms with Gasteiger partial charge in [-0.15, -0.1) is 0 Å². The minimum absolute atomic E-state index is 0.111. The van der Waals surface area contributed by atoms with Crippen LogP contribution >= 0.6 is 0 Å². The minimum atomic E-state index is -0.471. The standard InChI is InChI=1S/C18H21FN6/c1-24(2)18-9-17(21-12-22-18)23-13-5-4-8-25(11-13)16-7-3-6-15(19)14(16)10-20/h3,6-7,9,12-13H,4-5,8,11H2,1-2H3,(H,21,22,23). The van der Waals surface area contributed by atoms with Crippen LogP contribution in [0.15, 0.2) is 30.6 Å². The maximum absolute atomic E-state index is 13.9. The number of nitrogens with zero attached hydrogens (tertiary/aromatic N) is 5. The van der Waals surface area contributed by atoms with Gasteiger partial charge in [0, 0.05) is 39.3 Å². The molecule has 2 aromatic rings. The van der Waals surface area contributed by atoms with Gasteiger partial charge in [-0.25, -0.2) is 14.4 Å². The Labute approximate surface area is 146 Å². The van der Waals surface area contributed by atoms with Crippen molar-refractivity contribution in [3.8, 4) is 6.07 Å². The van der Waals surface area contributed by atoms with Gasteiger partial charge in [-0.2, -0.15) is 5.26 Å². The highest BCUT2D eigenvalue weighted by Crippen LogP contribution is 2.26. The number of hydrogen-bond donors (Lipinski definition) is 1. The summed E-state index contributed by atoms with van der Waals surface area (Å²) in [6.45, 7) is 1.50. The fourth-order valence-electron chi connectivity index (χ4n) is 3.08. The zero-order valence-electron chi connectivity index (χ0n) is 14.4. The van der Waals surface area contributed by atoms with Gasteiger partial charge in [0.25, 0.3) is 0 Å². The second-order valence-electron chi connectivity index (χ2n) is 6.33. The second-order valence-corrected chi connectivity index (χ2v) is 6.33. The summed E-state index contributed by atoms with van der Waals surface area (Å²) >= 11 is 0. The molecule has 1 unspecified atom stereocenters. The summed E-state index contributed by atoms with van der Waals surface area (Å²) in [7, 11) is 3.86. The fourth-order valence-corrected chi connectivity index (χ4v) is 3.08. The molecule has 1 aromatic heterocycles. The summed E-state index contributed by atoms with van der Waals surface area (Å²) in [5.41, 5.74) is 0.769. The van der Waals surface area contributed by atoms with Gasteiger partial charge in [-0.05, 0) is 25.0 Å². The molecule has 3 rings (SSSR count). The number of halogens is 1. The van der Waals surface area contributed by atoms with Crippen molar-refractivity contribution in [1.82, 2.24) is 9.97 Å². The van der Waals surface area contributed by atoms with E-state index in [1.54, 1.807) is 18.5 Å². The Morgan fingerprint density at radius 3 is 2.96 bits per heavy atom. The van der Waals surface area contributed by atoms with Crippen LogP contribution in [0.5, 0.6) is 0 Å². The number of nitriles is 1. The summed E-state index contributed by atoms with van der Waals surface area (Å²) in [5, 5.41) is 12.7. The van der Waals surface area contributed by atoms with Crippen LogP contribution in [0.2, 0.25) is 0 Å². The molecule has 1 aliphatic rings. The van der Waals surface area contributed by atoms with E-state index in [2.05, 4.69) is 20.2 Å². The molecule has 0 amide bonds. The van der Waals surface area contributed by atoms with Gasteiger partial charge in [0.15, 0.2) is 0 Å². The molecule has 0 radical (unpaired) electrons. The smallest absolute Gasteiger partial charge is 0.143 e. The number of anilines is 3. The highest BCUT2D eigenvalue weighted by molar-refractivity contribution is 5.60. The fraction of sp³-hybridized carbons (Fsp3) is 0.389. The molecule has 1 saturated heterocycles. The lowest BCUT2D eigenvalue weighted by Gasteiger charge is -2.35. The Kier molecular flexibility index (Phi) is 4.98. The average molecular weight is 340 g/mol. The first-order valence-electron chi connectivity index (χ1n) is 8.28. The van der Waals surface area contributed by atoms with Crippen molar-refractivity contribution in [1.29, 1.82) is 5.26 Å². The van der Waals surface area contributed by atoms with E-state index < -0.39 is 5.82 Å². The Balaban J connectivity index is 1.75. The molecule has 1 aliphatic heterocycles. The van der Waals surface area contributed by atoms with Crippen LogP contribution < -0.4 is 15.1 Å². The molecule has 0 spiro atoms. The van der Waals surface area contributed by atoms with Gasteiger partial charge in [-0.3, -0.25) is 0 Å². The zero-order chi connectivity index (χ0) is 17.8. The summed E-state index contributed by atoms with van der Waals surface area (Å²) < 4.78 is 13.9. The third-order valence-electron chi connectivity index (χ3n) is 4.33. The molecule has 0 saturated carbocycles. The molecule has 7 heteroatoms. The minimum Gasteiger partial charge on any atom is -0.368 e. The lowest BCUT2D eigenvalue weighted by Crippen LogP contribution is -2.42. The lowest BCUT2D eigenvalue weighted by molar-refractivity contribution is 0.527. The molecule has 0 bridgehead atoms. The van der Waals surface area contributed by atoms with E-state index in [1.165, 1.54) is 6.07 Å². The number of nitrogens with one attached hydrogen (secondary N) is 1. The van der Waals surface area contributed by atoms with Crippen LogP contribution in [0.1, 0.15) is 18.4 Å². The van der Waals surface area contributed by atoms with Crippen molar-refractivity contribution in [3.05, 3.63) is 42.0 Å². The van der Waals surface area contributed by atoms with Crippen LogP contribution in [0.25, 0.3) is 0 Å². The first-order chi connectivity index (χ1) is 12.1. The molecule has 1 aromatic carbocycles. The lowest BCUT2D eigenvalue weighted by atomic mass is 10.0. The number of piperidine rings is 1. The van der Waals surface area contributed by atoms with Crippen LogP contribution in [-0.4, -0.2) is 43.2 Å². The number of hydrogen-bond acceptors (Lipinski definition) is 6. The molecule has 1 N–H and O–H groups in total. The Bertz CT molecular complexity index is 785. The van der Waals surface area contributed by atoms with Gasteiger partial charge in [0.1, 0.15) is 35.4 Å². The van der Waals surface area contributed by atoms with Crippen LogP contribution in [0.3, 0.4) is 0 Å². The monoisotopic (exact) mass is 340 g/mol. The van der Waals surface area contributed by atoms with E-state index in [9.17, 15) is 9.65 Å². The van der Waals surface area contributed by atoms with E-state index in [-0.39, 0.29) is 11.6 Å². The quantitative estimate of drug-likeness (QED) is 0.923. The summed E-state index contributed by atoms with van der Waals surface area (Å²) in [6.07, 6.45) is 3.50. The first-order valence-corrected chi connectivity index (χ1v) is 8.28. The molecular formula is C18H21FN6. The topological polar surface area (TPSA) is 68.1 Å². The number of aromatic nitrogens is 2. The van der Waals surface area contributed by atoms with Crippen molar-refractivity contribution in [2.24, 2.45) is 0 Å². The van der Waals surface area contributed by atoms with E-state index in [4.69, 9.17) is 0 Å². The predicted molar refractivity (Wildman–Crippen MR) is 96.3 cm³/mol. The highest BCUT2D eigenvalue weighted by atomic mass is 19.1. The maximum atomic E-state index is 13.9. The van der Waals surface area contributed by atoms with E-state index >= 15 is 0 Å². The SMILES string of the molecule is CN(C)c1cc(NC2CCCN(c3cccc(F)c3C#N)C2)ncn1. The molecule has 1 fully saturated rings. The zero-order valence-corrected chi connectivity index (χ0v) is 14.4. The number of rotatable bonds is 4. The van der Waals surface area contributed by atoms with Crippen molar-refractivity contribution in [3.63, 3.8) is 0 Å². The molecule has 0 aliphatic carbocycles. The van der Waals surface area contributed by atoms with Gasteiger partial charge < -0.3 is 15.1 Å². The maximum Gasteiger partial charge on any atom is 0.143 e. The van der Waals surface area contributed by atoms with Crippen LogP contribution in [-0.2, 0) is 0 Å². The molecule has 6 nitrogen and oxygen atoms in total. The molecule has 130 valence electrons. The molecular weight excluding hydrogens is 319 g/mol. The Morgan fingerprint density at radius 1 is 1.36 bits per heavy atom. The third kappa shape index (κ3) is 3.79. The predicted octanol–water partition coefficient (Wildman–Crippen LogP) is 2.63. The summed E-state index contributed by atoms with van der Waals surface area (Å²) in [5.74, 6) is 1.13. The first kappa shape index (κ1) is 17.0. The van der Waals surface area contributed by atoms with Gasteiger partial charge in [0.2, 0.25) is 0 Å². The molecule has 1 atom stereocenters. The average Bonchev–Trinajstić information content (AvgIpc) is 2.62. The van der Waals surface area contributed by atoms with Gasteiger partial charge >= 0.3 is 0 Å². The normalized spacial score (nSPS) is 17.0.